The van der Waals surface area contributed by atoms with Crippen molar-refractivity contribution >= 4 is 11.8 Å². The molecule has 1 aliphatic rings. The highest BCUT2D eigenvalue weighted by atomic mass is 16.5. The smallest absolute Gasteiger partial charge is 0.242 e. The van der Waals surface area contributed by atoms with Crippen LogP contribution in [0.3, 0.4) is 0 Å². The van der Waals surface area contributed by atoms with Gasteiger partial charge in [0.1, 0.15) is 11.8 Å². The van der Waals surface area contributed by atoms with Crippen molar-refractivity contribution < 1.29 is 14.3 Å². The normalized spacial score (nSPS) is 14.7. The van der Waals surface area contributed by atoms with Gasteiger partial charge in [-0.1, -0.05) is 60.9 Å². The number of nitrogens with one attached hydrogen (secondary N) is 1. The van der Waals surface area contributed by atoms with E-state index in [9.17, 15) is 9.59 Å². The number of carbonyl (C=O) groups excluding carboxylic acids is 2. The van der Waals surface area contributed by atoms with Crippen LogP contribution in [0.4, 0.5) is 0 Å². The number of rotatable bonds is 11. The van der Waals surface area contributed by atoms with E-state index in [1.54, 1.807) is 4.90 Å². The summed E-state index contributed by atoms with van der Waals surface area (Å²) in [5, 5.41) is 3.15. The highest BCUT2D eigenvalue weighted by molar-refractivity contribution is 5.87. The monoisotopic (exact) mass is 436 g/mol. The second-order valence-corrected chi connectivity index (χ2v) is 8.75. The Hall–Kier alpha value is -2.82. The predicted molar refractivity (Wildman–Crippen MR) is 128 cm³/mol. The molecule has 1 fully saturated rings. The average molecular weight is 437 g/mol. The van der Waals surface area contributed by atoms with E-state index >= 15 is 0 Å². The van der Waals surface area contributed by atoms with E-state index < -0.39 is 6.04 Å². The van der Waals surface area contributed by atoms with Gasteiger partial charge < -0.3 is 15.0 Å². The molecule has 0 unspecified atom stereocenters. The molecule has 0 aromatic heterocycles. The zero-order chi connectivity index (χ0) is 22.8. The second-order valence-electron chi connectivity index (χ2n) is 8.75. The fourth-order valence-electron chi connectivity index (χ4n) is 4.15. The highest BCUT2D eigenvalue weighted by Crippen LogP contribution is 2.18. The number of hydrogen-bond acceptors (Lipinski definition) is 3. The van der Waals surface area contributed by atoms with Gasteiger partial charge in [0.2, 0.25) is 11.8 Å². The Labute approximate surface area is 192 Å². The molecule has 1 N–H and O–H groups in total. The van der Waals surface area contributed by atoms with Crippen LogP contribution in [0.1, 0.15) is 56.6 Å². The zero-order valence-electron chi connectivity index (χ0n) is 19.4. The van der Waals surface area contributed by atoms with Crippen molar-refractivity contribution in [2.24, 2.45) is 0 Å². The summed E-state index contributed by atoms with van der Waals surface area (Å²) in [6, 6.07) is 17.8. The number of nitrogens with zero attached hydrogens (tertiary/aromatic N) is 1. The molecule has 5 heteroatoms. The minimum Gasteiger partial charge on any atom is -0.494 e. The van der Waals surface area contributed by atoms with Crippen LogP contribution < -0.4 is 10.1 Å². The minimum absolute atomic E-state index is 0.00232. The van der Waals surface area contributed by atoms with Gasteiger partial charge in [0.25, 0.3) is 0 Å². The maximum Gasteiger partial charge on any atom is 0.242 e. The predicted octanol–water partition coefficient (Wildman–Crippen LogP) is 4.67. The molecule has 3 rings (SSSR count). The molecule has 0 bridgehead atoms. The molecule has 5 nitrogen and oxygen atoms in total. The summed E-state index contributed by atoms with van der Waals surface area (Å²) in [5.41, 5.74) is 2.35. The Balaban J connectivity index is 1.54. The Morgan fingerprint density at radius 2 is 1.75 bits per heavy atom. The van der Waals surface area contributed by atoms with Crippen LogP contribution in [0, 0.1) is 6.92 Å². The van der Waals surface area contributed by atoms with Crippen LogP contribution in [0.15, 0.2) is 54.6 Å². The summed E-state index contributed by atoms with van der Waals surface area (Å²) in [6.07, 6.45) is 6.11. The second kappa shape index (κ2) is 12.3. The van der Waals surface area contributed by atoms with E-state index in [0.29, 0.717) is 26.0 Å². The van der Waals surface area contributed by atoms with Crippen molar-refractivity contribution in [2.45, 2.75) is 70.9 Å². The van der Waals surface area contributed by atoms with Gasteiger partial charge in [-0.2, -0.15) is 0 Å². The first kappa shape index (κ1) is 23.8. The van der Waals surface area contributed by atoms with Gasteiger partial charge in [0.05, 0.1) is 6.61 Å². The van der Waals surface area contributed by atoms with Crippen molar-refractivity contribution in [3.63, 3.8) is 0 Å². The summed E-state index contributed by atoms with van der Waals surface area (Å²) in [6.45, 7) is 4.89. The molecule has 0 saturated heterocycles. The van der Waals surface area contributed by atoms with Crippen molar-refractivity contribution in [3.05, 3.63) is 65.7 Å². The van der Waals surface area contributed by atoms with E-state index in [1.165, 1.54) is 5.56 Å². The van der Waals surface area contributed by atoms with Crippen molar-refractivity contribution in [3.8, 4) is 5.75 Å². The third-order valence-corrected chi connectivity index (χ3v) is 6.18. The lowest BCUT2D eigenvalue weighted by molar-refractivity contribution is -0.140. The molecule has 2 amide bonds. The van der Waals surface area contributed by atoms with E-state index in [4.69, 9.17) is 4.74 Å². The minimum atomic E-state index is -0.482. The van der Waals surface area contributed by atoms with Crippen LogP contribution in [-0.4, -0.2) is 41.9 Å². The molecular weight excluding hydrogens is 400 g/mol. The molecule has 0 spiro atoms. The number of hydrogen-bond donors (Lipinski definition) is 1. The average Bonchev–Trinajstić information content (AvgIpc) is 3.31. The quantitative estimate of drug-likeness (QED) is 0.521. The van der Waals surface area contributed by atoms with Crippen LogP contribution in [0.2, 0.25) is 0 Å². The third kappa shape index (κ3) is 7.40. The summed E-state index contributed by atoms with van der Waals surface area (Å²) in [5.74, 6) is 0.769. The van der Waals surface area contributed by atoms with Gasteiger partial charge >= 0.3 is 0 Å². The standard InChI is InChI=1S/C27H36N2O3/c1-21-14-16-25(17-15-21)32-20-8-13-26(30)29(19-18-23-9-4-3-5-10-23)22(2)27(31)28-24-11-6-7-12-24/h3-5,9-10,14-17,22,24H,6-8,11-13,18-20H2,1-2H3,(H,28,31)/t22-/m0/s1. The Morgan fingerprint density at radius 3 is 2.44 bits per heavy atom. The van der Waals surface area contributed by atoms with Crippen LogP contribution in [-0.2, 0) is 16.0 Å². The molecular formula is C27H36N2O3. The van der Waals surface area contributed by atoms with E-state index in [-0.39, 0.29) is 17.9 Å². The number of ether oxygens (including phenoxy) is 1. The number of carbonyl (C=O) groups is 2. The molecule has 1 saturated carbocycles. The molecule has 1 aliphatic carbocycles. The van der Waals surface area contributed by atoms with Crippen LogP contribution in [0.5, 0.6) is 5.75 Å². The number of benzene rings is 2. The Bertz CT molecular complexity index is 845. The lowest BCUT2D eigenvalue weighted by atomic mass is 10.1. The number of aryl methyl sites for hydroxylation is 1. The van der Waals surface area contributed by atoms with E-state index in [1.807, 2.05) is 56.3 Å². The maximum atomic E-state index is 13.1. The van der Waals surface area contributed by atoms with Gasteiger partial charge in [-0.05, 0) is 57.2 Å². The molecule has 0 aliphatic heterocycles. The first-order valence-electron chi connectivity index (χ1n) is 11.9. The van der Waals surface area contributed by atoms with E-state index in [2.05, 4.69) is 17.4 Å². The lowest BCUT2D eigenvalue weighted by Crippen LogP contribution is -2.50. The van der Waals surface area contributed by atoms with Crippen LogP contribution in [0.25, 0.3) is 0 Å². The Morgan fingerprint density at radius 1 is 1.06 bits per heavy atom. The lowest BCUT2D eigenvalue weighted by Gasteiger charge is -2.30. The van der Waals surface area contributed by atoms with Gasteiger partial charge in [-0.25, -0.2) is 0 Å². The van der Waals surface area contributed by atoms with Crippen molar-refractivity contribution in [1.82, 2.24) is 10.2 Å². The van der Waals surface area contributed by atoms with E-state index in [0.717, 1.165) is 43.4 Å². The topological polar surface area (TPSA) is 58.6 Å². The molecule has 2 aromatic rings. The zero-order valence-corrected chi connectivity index (χ0v) is 19.4. The molecule has 0 radical (unpaired) electrons. The van der Waals surface area contributed by atoms with Gasteiger partial charge in [-0.15, -0.1) is 0 Å². The van der Waals surface area contributed by atoms with Crippen LogP contribution >= 0.6 is 0 Å². The van der Waals surface area contributed by atoms with Crippen molar-refractivity contribution in [1.29, 1.82) is 0 Å². The first-order chi connectivity index (χ1) is 15.5. The van der Waals surface area contributed by atoms with Crippen molar-refractivity contribution in [2.75, 3.05) is 13.2 Å². The maximum absolute atomic E-state index is 13.1. The highest BCUT2D eigenvalue weighted by Gasteiger charge is 2.27. The third-order valence-electron chi connectivity index (χ3n) is 6.18. The van der Waals surface area contributed by atoms with Gasteiger partial charge in [0.15, 0.2) is 0 Å². The fourth-order valence-corrected chi connectivity index (χ4v) is 4.15. The summed E-state index contributed by atoms with van der Waals surface area (Å²) < 4.78 is 5.77. The molecule has 1 atom stereocenters. The first-order valence-corrected chi connectivity index (χ1v) is 11.9. The molecule has 32 heavy (non-hydrogen) atoms. The summed E-state index contributed by atoms with van der Waals surface area (Å²) >= 11 is 0. The summed E-state index contributed by atoms with van der Waals surface area (Å²) in [7, 11) is 0. The molecule has 2 aromatic carbocycles. The Kier molecular flexibility index (Phi) is 9.14. The largest absolute Gasteiger partial charge is 0.494 e. The fraction of sp³-hybridized carbons (Fsp3) is 0.481. The molecule has 172 valence electrons. The molecule has 0 heterocycles. The summed E-state index contributed by atoms with van der Waals surface area (Å²) in [4.78, 5) is 27.7. The van der Waals surface area contributed by atoms with Gasteiger partial charge in [0, 0.05) is 19.0 Å². The van der Waals surface area contributed by atoms with Gasteiger partial charge in [-0.3, -0.25) is 9.59 Å². The SMILES string of the molecule is Cc1ccc(OCCCC(=O)N(CCc2ccccc2)[C@@H](C)C(=O)NC2CCCC2)cc1. The number of amides is 2.